The minimum absolute atomic E-state index is 0.348. The highest BCUT2D eigenvalue weighted by Crippen LogP contribution is 2.37. The number of rotatable bonds is 9. The number of nitrogens with one attached hydrogen (secondary N) is 1. The van der Waals surface area contributed by atoms with Gasteiger partial charge in [-0.2, -0.15) is 5.10 Å². The largest absolute Gasteiger partial charge is 0.493 e. The van der Waals surface area contributed by atoms with Gasteiger partial charge < -0.3 is 18.9 Å². The maximum absolute atomic E-state index is 12.4. The van der Waals surface area contributed by atoms with Crippen LogP contribution in [0.2, 0.25) is 5.02 Å². The van der Waals surface area contributed by atoms with Crippen LogP contribution in [0.5, 0.6) is 23.0 Å². The maximum Gasteiger partial charge on any atom is 0.271 e. The SMILES string of the molecule is COc1ccc(C(=O)N/N=C/c2cc(Br)c(OCc3ccc(Cl)cc3)c(OC)c2)cc1OC. The normalized spacial score (nSPS) is 10.7. The third kappa shape index (κ3) is 6.40. The number of benzene rings is 3. The lowest BCUT2D eigenvalue weighted by Crippen LogP contribution is -2.17. The van der Waals surface area contributed by atoms with Crippen LogP contribution in [0, 0.1) is 0 Å². The van der Waals surface area contributed by atoms with Gasteiger partial charge in [-0.25, -0.2) is 5.43 Å². The van der Waals surface area contributed by atoms with E-state index in [0.717, 1.165) is 5.56 Å². The molecular formula is C24H22BrClN2O5. The number of carbonyl (C=O) groups is 1. The van der Waals surface area contributed by atoms with Crippen molar-refractivity contribution in [3.8, 4) is 23.0 Å². The molecule has 1 N–H and O–H groups in total. The summed E-state index contributed by atoms with van der Waals surface area (Å²) in [6.45, 7) is 0.348. The Balaban J connectivity index is 1.68. The molecule has 7 nitrogen and oxygen atoms in total. The van der Waals surface area contributed by atoms with Crippen LogP contribution in [0.25, 0.3) is 0 Å². The van der Waals surface area contributed by atoms with Gasteiger partial charge in [0, 0.05) is 10.6 Å². The fourth-order valence-electron chi connectivity index (χ4n) is 2.90. The lowest BCUT2D eigenvalue weighted by Gasteiger charge is -2.13. The molecule has 3 rings (SSSR count). The molecule has 0 saturated carbocycles. The molecule has 0 saturated heterocycles. The van der Waals surface area contributed by atoms with Crippen molar-refractivity contribution in [2.45, 2.75) is 6.61 Å². The predicted octanol–water partition coefficient (Wildman–Crippen LogP) is 5.47. The summed E-state index contributed by atoms with van der Waals surface area (Å²) in [6, 6.07) is 15.8. The van der Waals surface area contributed by atoms with Crippen LogP contribution in [0.15, 0.2) is 64.2 Å². The number of ether oxygens (including phenoxy) is 4. The van der Waals surface area contributed by atoms with Gasteiger partial charge in [0.2, 0.25) is 0 Å². The van der Waals surface area contributed by atoms with Crippen molar-refractivity contribution in [2.75, 3.05) is 21.3 Å². The number of halogens is 2. The second-order valence-corrected chi connectivity index (χ2v) is 8.01. The molecule has 0 fully saturated rings. The molecule has 172 valence electrons. The predicted molar refractivity (Wildman–Crippen MR) is 131 cm³/mol. The van der Waals surface area contributed by atoms with Crippen molar-refractivity contribution >= 4 is 39.7 Å². The van der Waals surface area contributed by atoms with E-state index in [2.05, 4.69) is 26.5 Å². The van der Waals surface area contributed by atoms with Gasteiger partial charge in [0.15, 0.2) is 23.0 Å². The Bertz CT molecular complexity index is 1150. The Kier molecular flexibility index (Phi) is 8.57. The van der Waals surface area contributed by atoms with Crippen molar-refractivity contribution in [1.29, 1.82) is 0 Å². The third-order valence-corrected chi connectivity index (χ3v) is 5.41. The van der Waals surface area contributed by atoms with Crippen molar-refractivity contribution in [3.63, 3.8) is 0 Å². The van der Waals surface area contributed by atoms with Crippen LogP contribution in [0.3, 0.4) is 0 Å². The average Bonchev–Trinajstić information content (AvgIpc) is 2.83. The second kappa shape index (κ2) is 11.6. The first-order chi connectivity index (χ1) is 15.9. The van der Waals surface area contributed by atoms with Gasteiger partial charge in [-0.3, -0.25) is 4.79 Å². The highest BCUT2D eigenvalue weighted by atomic mass is 79.9. The summed E-state index contributed by atoms with van der Waals surface area (Å²) in [5.74, 6) is 1.68. The number of hydrazone groups is 1. The van der Waals surface area contributed by atoms with Crippen LogP contribution >= 0.6 is 27.5 Å². The number of methoxy groups -OCH3 is 3. The molecule has 3 aromatic rings. The molecule has 9 heteroatoms. The summed E-state index contributed by atoms with van der Waals surface area (Å²) in [4.78, 5) is 12.4. The zero-order chi connectivity index (χ0) is 23.8. The van der Waals surface area contributed by atoms with E-state index in [0.29, 0.717) is 50.2 Å². The van der Waals surface area contributed by atoms with Crippen LogP contribution in [0.4, 0.5) is 0 Å². The van der Waals surface area contributed by atoms with Crippen LogP contribution < -0.4 is 24.4 Å². The lowest BCUT2D eigenvalue weighted by atomic mass is 10.2. The Morgan fingerprint density at radius 2 is 1.67 bits per heavy atom. The molecule has 0 aliphatic carbocycles. The smallest absolute Gasteiger partial charge is 0.271 e. The van der Waals surface area contributed by atoms with Gasteiger partial charge in [0.25, 0.3) is 5.91 Å². The number of hydrogen-bond acceptors (Lipinski definition) is 6. The van der Waals surface area contributed by atoms with E-state index < -0.39 is 0 Å². The van der Waals surface area contributed by atoms with Gasteiger partial charge in [-0.1, -0.05) is 23.7 Å². The number of hydrogen-bond donors (Lipinski definition) is 1. The zero-order valence-electron chi connectivity index (χ0n) is 18.2. The number of carbonyl (C=O) groups excluding carboxylic acids is 1. The monoisotopic (exact) mass is 532 g/mol. The Labute approximate surface area is 205 Å². The van der Waals surface area contributed by atoms with Crippen molar-refractivity contribution in [3.05, 3.63) is 80.8 Å². The summed E-state index contributed by atoms with van der Waals surface area (Å²) in [6.07, 6.45) is 1.51. The molecular weight excluding hydrogens is 512 g/mol. The highest BCUT2D eigenvalue weighted by Gasteiger charge is 2.13. The first-order valence-electron chi connectivity index (χ1n) is 9.75. The first kappa shape index (κ1) is 24.4. The van der Waals surface area contributed by atoms with Crippen LogP contribution in [-0.2, 0) is 6.61 Å². The average molecular weight is 534 g/mol. The third-order valence-electron chi connectivity index (χ3n) is 4.57. The van der Waals surface area contributed by atoms with E-state index in [1.54, 1.807) is 31.4 Å². The minimum Gasteiger partial charge on any atom is -0.493 e. The van der Waals surface area contributed by atoms with E-state index in [9.17, 15) is 4.79 Å². The second-order valence-electron chi connectivity index (χ2n) is 6.72. The Hall–Kier alpha value is -3.23. The molecule has 33 heavy (non-hydrogen) atoms. The van der Waals surface area contributed by atoms with E-state index in [-0.39, 0.29) is 5.91 Å². The van der Waals surface area contributed by atoms with Gasteiger partial charge in [0.05, 0.1) is 32.0 Å². The van der Waals surface area contributed by atoms with Crippen molar-refractivity contribution in [1.82, 2.24) is 5.43 Å². The molecule has 0 heterocycles. The Morgan fingerprint density at radius 3 is 2.33 bits per heavy atom. The van der Waals surface area contributed by atoms with E-state index in [1.165, 1.54) is 20.4 Å². The molecule has 0 unspecified atom stereocenters. The van der Waals surface area contributed by atoms with Gasteiger partial charge in [-0.05, 0) is 69.5 Å². The molecule has 0 spiro atoms. The van der Waals surface area contributed by atoms with Crippen LogP contribution in [0.1, 0.15) is 21.5 Å². The topological polar surface area (TPSA) is 78.4 Å². The summed E-state index contributed by atoms with van der Waals surface area (Å²) >= 11 is 9.43. The molecule has 1 amide bonds. The summed E-state index contributed by atoms with van der Waals surface area (Å²) < 4.78 is 22.5. The van der Waals surface area contributed by atoms with Gasteiger partial charge in [-0.15, -0.1) is 0 Å². The standard InChI is InChI=1S/C24H22BrClN2O5/c1-30-20-9-6-17(12-21(20)31-2)24(29)28-27-13-16-10-19(25)23(22(11-16)32-3)33-14-15-4-7-18(26)8-5-15/h4-13H,14H2,1-3H3,(H,28,29)/b27-13+. The van der Waals surface area contributed by atoms with E-state index >= 15 is 0 Å². The van der Waals surface area contributed by atoms with Gasteiger partial charge in [0.1, 0.15) is 6.61 Å². The van der Waals surface area contributed by atoms with E-state index in [4.69, 9.17) is 30.5 Å². The highest BCUT2D eigenvalue weighted by molar-refractivity contribution is 9.10. The lowest BCUT2D eigenvalue weighted by molar-refractivity contribution is 0.0954. The molecule has 0 aliphatic heterocycles. The fourth-order valence-corrected chi connectivity index (χ4v) is 3.60. The molecule has 0 aromatic heterocycles. The molecule has 3 aromatic carbocycles. The number of nitrogens with zero attached hydrogens (tertiary/aromatic N) is 1. The van der Waals surface area contributed by atoms with E-state index in [1.807, 2.05) is 30.3 Å². The summed E-state index contributed by atoms with van der Waals surface area (Å²) in [5.41, 5.74) is 4.55. The summed E-state index contributed by atoms with van der Waals surface area (Å²) in [7, 11) is 4.59. The van der Waals surface area contributed by atoms with Crippen molar-refractivity contribution < 1.29 is 23.7 Å². The molecule has 0 bridgehead atoms. The maximum atomic E-state index is 12.4. The van der Waals surface area contributed by atoms with Gasteiger partial charge >= 0.3 is 0 Å². The van der Waals surface area contributed by atoms with Crippen molar-refractivity contribution in [2.24, 2.45) is 5.10 Å². The van der Waals surface area contributed by atoms with Crippen LogP contribution in [-0.4, -0.2) is 33.5 Å². The number of amides is 1. The Morgan fingerprint density at radius 1 is 0.970 bits per heavy atom. The fraction of sp³-hybridized carbons (Fsp3) is 0.167. The molecule has 0 atom stereocenters. The molecule has 0 radical (unpaired) electrons. The zero-order valence-corrected chi connectivity index (χ0v) is 20.6. The molecule has 0 aliphatic rings. The quantitative estimate of drug-likeness (QED) is 0.291. The first-order valence-corrected chi connectivity index (χ1v) is 10.9. The summed E-state index contributed by atoms with van der Waals surface area (Å²) in [5, 5.41) is 4.70. The minimum atomic E-state index is -0.388.